The molecule has 0 unspecified atom stereocenters. The third-order valence-corrected chi connectivity index (χ3v) is 3.97. The van der Waals surface area contributed by atoms with E-state index in [4.69, 9.17) is 19.9 Å². The summed E-state index contributed by atoms with van der Waals surface area (Å²) in [5.41, 5.74) is 6.88. The summed E-state index contributed by atoms with van der Waals surface area (Å²) in [5, 5.41) is 2.75. The number of hydrogen-bond donors (Lipinski definition) is 2. The van der Waals surface area contributed by atoms with Gasteiger partial charge in [-0.05, 0) is 51.3 Å². The number of hydrogen-bond acceptors (Lipinski definition) is 5. The van der Waals surface area contributed by atoms with Crippen LogP contribution >= 0.6 is 0 Å². The molecule has 1 amide bonds. The number of nitrogens with one attached hydrogen (secondary N) is 1. The predicted molar refractivity (Wildman–Crippen MR) is 89.4 cm³/mol. The number of carbonyl (C=O) groups excluding carboxylic acids is 1. The number of methoxy groups -OCH3 is 2. The Bertz CT molecular complexity index is 589. The van der Waals surface area contributed by atoms with Crippen LogP contribution in [0.1, 0.15) is 39.2 Å². The molecule has 0 radical (unpaired) electrons. The number of nitrogens with two attached hydrogens (primary N) is 1. The van der Waals surface area contributed by atoms with E-state index < -0.39 is 11.7 Å². The van der Waals surface area contributed by atoms with Gasteiger partial charge in [-0.3, -0.25) is 5.32 Å². The normalized spacial score (nSPS) is 15.7. The molecular weight excluding hydrogens is 296 g/mol. The largest absolute Gasteiger partial charge is 0.493 e. The maximum Gasteiger partial charge on any atom is 0.412 e. The topological polar surface area (TPSA) is 82.8 Å². The molecule has 0 aromatic heterocycles. The van der Waals surface area contributed by atoms with Gasteiger partial charge in [0.25, 0.3) is 0 Å². The van der Waals surface area contributed by atoms with E-state index >= 15 is 0 Å². The quantitative estimate of drug-likeness (QED) is 0.870. The maximum atomic E-state index is 12.1. The van der Waals surface area contributed by atoms with E-state index in [-0.39, 0.29) is 5.41 Å². The third kappa shape index (κ3) is 3.88. The SMILES string of the molecule is COc1cc(C2(CN)CC2)cc(NC(=O)OC(C)(C)C)c1OC. The molecule has 1 fully saturated rings. The highest BCUT2D eigenvalue weighted by molar-refractivity contribution is 5.88. The zero-order valence-electron chi connectivity index (χ0n) is 14.5. The number of anilines is 1. The number of carbonyl (C=O) groups is 1. The average Bonchev–Trinajstić information content (AvgIpc) is 3.25. The first kappa shape index (κ1) is 17.4. The van der Waals surface area contributed by atoms with Crippen LogP contribution in [0.15, 0.2) is 12.1 Å². The Hall–Kier alpha value is -1.95. The first-order valence-corrected chi connectivity index (χ1v) is 7.71. The van der Waals surface area contributed by atoms with Crippen LogP contribution in [0.2, 0.25) is 0 Å². The Morgan fingerprint density at radius 1 is 1.26 bits per heavy atom. The molecular formula is C17H26N2O4. The molecule has 1 aromatic carbocycles. The molecule has 0 atom stereocenters. The molecule has 0 heterocycles. The van der Waals surface area contributed by atoms with Crippen LogP contribution in [0.5, 0.6) is 11.5 Å². The molecule has 0 saturated heterocycles. The summed E-state index contributed by atoms with van der Waals surface area (Å²) in [7, 11) is 3.11. The van der Waals surface area contributed by atoms with Gasteiger partial charge in [-0.25, -0.2) is 4.79 Å². The Labute approximate surface area is 137 Å². The number of rotatable bonds is 5. The predicted octanol–water partition coefficient (Wildman–Crippen LogP) is 3.04. The van der Waals surface area contributed by atoms with Crippen molar-refractivity contribution in [2.24, 2.45) is 5.73 Å². The van der Waals surface area contributed by atoms with Gasteiger partial charge in [-0.2, -0.15) is 0 Å². The Morgan fingerprint density at radius 2 is 1.91 bits per heavy atom. The number of ether oxygens (including phenoxy) is 3. The molecule has 1 saturated carbocycles. The van der Waals surface area contributed by atoms with E-state index in [1.165, 1.54) is 7.11 Å². The lowest BCUT2D eigenvalue weighted by Gasteiger charge is -2.22. The molecule has 1 aliphatic rings. The third-order valence-electron chi connectivity index (χ3n) is 3.97. The Kier molecular flexibility index (Phi) is 4.75. The summed E-state index contributed by atoms with van der Waals surface area (Å²) < 4.78 is 16.1. The zero-order valence-corrected chi connectivity index (χ0v) is 14.5. The van der Waals surface area contributed by atoms with Crippen LogP contribution in [0.3, 0.4) is 0 Å². The molecule has 6 nitrogen and oxygen atoms in total. The van der Waals surface area contributed by atoms with Crippen LogP contribution in [-0.4, -0.2) is 32.5 Å². The minimum absolute atomic E-state index is 0.0239. The summed E-state index contributed by atoms with van der Waals surface area (Å²) >= 11 is 0. The molecule has 2 rings (SSSR count). The van der Waals surface area contributed by atoms with Gasteiger partial charge in [0.1, 0.15) is 5.60 Å². The minimum atomic E-state index is -0.575. The number of amides is 1. The smallest absolute Gasteiger partial charge is 0.412 e. The van der Waals surface area contributed by atoms with Gasteiger partial charge in [-0.15, -0.1) is 0 Å². The van der Waals surface area contributed by atoms with Crippen molar-refractivity contribution < 1.29 is 19.0 Å². The lowest BCUT2D eigenvalue weighted by atomic mass is 9.95. The summed E-state index contributed by atoms with van der Waals surface area (Å²) in [4.78, 5) is 12.1. The summed E-state index contributed by atoms with van der Waals surface area (Å²) in [6.45, 7) is 6.01. The summed E-state index contributed by atoms with van der Waals surface area (Å²) in [5.74, 6) is 1.03. The second-order valence-electron chi connectivity index (χ2n) is 6.87. The van der Waals surface area contributed by atoms with Gasteiger partial charge >= 0.3 is 6.09 Å². The second-order valence-corrected chi connectivity index (χ2v) is 6.87. The molecule has 128 valence electrons. The van der Waals surface area contributed by atoms with Gasteiger partial charge in [0, 0.05) is 12.0 Å². The fourth-order valence-corrected chi connectivity index (χ4v) is 2.54. The minimum Gasteiger partial charge on any atom is -0.493 e. The Morgan fingerprint density at radius 3 is 2.35 bits per heavy atom. The molecule has 1 aliphatic carbocycles. The van der Waals surface area contributed by atoms with Gasteiger partial charge < -0.3 is 19.9 Å². The van der Waals surface area contributed by atoms with Gasteiger partial charge in [0.2, 0.25) is 0 Å². The van der Waals surface area contributed by atoms with Crippen molar-refractivity contribution in [3.8, 4) is 11.5 Å². The fourth-order valence-electron chi connectivity index (χ4n) is 2.54. The maximum absolute atomic E-state index is 12.1. The Balaban J connectivity index is 2.36. The van der Waals surface area contributed by atoms with Crippen molar-refractivity contribution in [3.05, 3.63) is 17.7 Å². The highest BCUT2D eigenvalue weighted by Crippen LogP contribution is 2.50. The van der Waals surface area contributed by atoms with E-state index in [1.807, 2.05) is 32.9 Å². The van der Waals surface area contributed by atoms with Crippen LogP contribution < -0.4 is 20.5 Å². The highest BCUT2D eigenvalue weighted by Gasteiger charge is 2.43. The lowest BCUT2D eigenvalue weighted by Crippen LogP contribution is -2.27. The van der Waals surface area contributed by atoms with Crippen LogP contribution in [-0.2, 0) is 10.2 Å². The molecule has 0 spiro atoms. The van der Waals surface area contributed by atoms with Crippen molar-refractivity contribution >= 4 is 11.8 Å². The van der Waals surface area contributed by atoms with Crippen LogP contribution in [0, 0.1) is 0 Å². The van der Waals surface area contributed by atoms with Gasteiger partial charge in [0.05, 0.1) is 19.9 Å². The van der Waals surface area contributed by atoms with E-state index in [0.717, 1.165) is 18.4 Å². The van der Waals surface area contributed by atoms with Crippen molar-refractivity contribution in [2.75, 3.05) is 26.1 Å². The van der Waals surface area contributed by atoms with Crippen molar-refractivity contribution in [1.29, 1.82) is 0 Å². The number of benzene rings is 1. The molecule has 3 N–H and O–H groups in total. The molecule has 1 aromatic rings. The molecule has 6 heteroatoms. The van der Waals surface area contributed by atoms with E-state index in [9.17, 15) is 4.79 Å². The molecule has 23 heavy (non-hydrogen) atoms. The molecule has 0 bridgehead atoms. The first-order valence-electron chi connectivity index (χ1n) is 7.71. The van der Waals surface area contributed by atoms with E-state index in [0.29, 0.717) is 23.7 Å². The van der Waals surface area contributed by atoms with Crippen molar-refractivity contribution in [3.63, 3.8) is 0 Å². The summed E-state index contributed by atoms with van der Waals surface area (Å²) in [6, 6.07) is 3.82. The molecule has 0 aliphatic heterocycles. The fraction of sp³-hybridized carbons (Fsp3) is 0.588. The lowest BCUT2D eigenvalue weighted by molar-refractivity contribution is 0.0635. The van der Waals surface area contributed by atoms with Gasteiger partial charge in [-0.1, -0.05) is 0 Å². The van der Waals surface area contributed by atoms with Crippen molar-refractivity contribution in [1.82, 2.24) is 0 Å². The van der Waals surface area contributed by atoms with E-state index in [1.54, 1.807) is 7.11 Å². The monoisotopic (exact) mass is 322 g/mol. The van der Waals surface area contributed by atoms with Crippen molar-refractivity contribution in [2.45, 2.75) is 44.6 Å². The second kappa shape index (κ2) is 6.28. The van der Waals surface area contributed by atoms with Crippen LogP contribution in [0.4, 0.5) is 10.5 Å². The van der Waals surface area contributed by atoms with Crippen LogP contribution in [0.25, 0.3) is 0 Å². The van der Waals surface area contributed by atoms with Gasteiger partial charge in [0.15, 0.2) is 11.5 Å². The average molecular weight is 322 g/mol. The standard InChI is InChI=1S/C17H26N2O4/c1-16(2,3)23-15(20)19-12-8-11(17(10-18)6-7-17)9-13(21-4)14(12)22-5/h8-9H,6-7,10,18H2,1-5H3,(H,19,20). The first-order chi connectivity index (χ1) is 10.7. The highest BCUT2D eigenvalue weighted by atomic mass is 16.6. The van der Waals surface area contributed by atoms with E-state index in [2.05, 4.69) is 5.32 Å². The zero-order chi connectivity index (χ0) is 17.3. The summed E-state index contributed by atoms with van der Waals surface area (Å²) in [6.07, 6.45) is 1.53.